The number of benzene rings is 1. The summed E-state index contributed by atoms with van der Waals surface area (Å²) in [4.78, 5) is 15.0. The van der Waals surface area contributed by atoms with Crippen LogP contribution in [0.3, 0.4) is 0 Å². The van der Waals surface area contributed by atoms with Gasteiger partial charge in [0.25, 0.3) is 0 Å². The number of halogens is 1. The maximum Gasteiger partial charge on any atom is 0.250 e. The molecule has 0 spiro atoms. The first kappa shape index (κ1) is 18.3. The molecule has 1 amide bonds. The van der Waals surface area contributed by atoms with Crippen molar-refractivity contribution in [2.75, 3.05) is 6.54 Å². The molecule has 3 rings (SSSR count). The average Bonchev–Trinajstić information content (AvgIpc) is 3.15. The number of rotatable bonds is 8. The molecule has 26 heavy (non-hydrogen) atoms. The molecule has 0 saturated heterocycles. The van der Waals surface area contributed by atoms with Gasteiger partial charge in [-0.25, -0.2) is 9.37 Å². The molecule has 0 bridgehead atoms. The van der Waals surface area contributed by atoms with E-state index in [1.165, 1.54) is 56.5 Å². The SMILES string of the molecule is NC(=O)c1ccc(Oc2ccc(CNCCC3CCCC3)cc2F)nc1. The van der Waals surface area contributed by atoms with E-state index in [0.29, 0.717) is 6.54 Å². The van der Waals surface area contributed by atoms with Crippen LogP contribution in [0.4, 0.5) is 4.39 Å². The van der Waals surface area contributed by atoms with Crippen LogP contribution in [0.25, 0.3) is 0 Å². The molecule has 6 heteroatoms. The second-order valence-corrected chi connectivity index (χ2v) is 6.73. The van der Waals surface area contributed by atoms with E-state index in [2.05, 4.69) is 10.3 Å². The second-order valence-electron chi connectivity index (χ2n) is 6.73. The summed E-state index contributed by atoms with van der Waals surface area (Å²) in [6, 6.07) is 7.87. The Balaban J connectivity index is 1.50. The summed E-state index contributed by atoms with van der Waals surface area (Å²) >= 11 is 0. The first-order valence-corrected chi connectivity index (χ1v) is 9.04. The smallest absolute Gasteiger partial charge is 0.250 e. The normalized spacial score (nSPS) is 14.5. The molecule has 1 aliphatic rings. The van der Waals surface area contributed by atoms with Crippen molar-refractivity contribution >= 4 is 5.91 Å². The largest absolute Gasteiger partial charge is 0.436 e. The molecule has 1 aromatic heterocycles. The summed E-state index contributed by atoms with van der Waals surface area (Å²) in [6.07, 6.45) is 7.90. The topological polar surface area (TPSA) is 77.2 Å². The lowest BCUT2D eigenvalue weighted by Crippen LogP contribution is -2.17. The van der Waals surface area contributed by atoms with Crippen molar-refractivity contribution < 1.29 is 13.9 Å². The Bertz CT molecular complexity index is 743. The van der Waals surface area contributed by atoms with E-state index in [1.54, 1.807) is 6.07 Å². The highest BCUT2D eigenvalue weighted by Crippen LogP contribution is 2.27. The van der Waals surface area contributed by atoms with Gasteiger partial charge in [0.1, 0.15) is 0 Å². The molecule has 0 unspecified atom stereocenters. The summed E-state index contributed by atoms with van der Waals surface area (Å²) < 4.78 is 19.7. The van der Waals surface area contributed by atoms with Crippen LogP contribution in [0.1, 0.15) is 48.0 Å². The fraction of sp³-hybridized carbons (Fsp3) is 0.400. The highest BCUT2D eigenvalue weighted by atomic mass is 19.1. The number of hydrogen-bond acceptors (Lipinski definition) is 4. The number of primary amides is 1. The van der Waals surface area contributed by atoms with E-state index in [0.717, 1.165) is 18.0 Å². The standard InChI is InChI=1S/C20H24FN3O2/c21-17-11-15(12-23-10-9-14-3-1-2-4-14)5-7-18(17)26-19-8-6-16(13-24-19)20(22)25/h5-8,11,13-14,23H,1-4,9-10,12H2,(H2,22,25). The Labute approximate surface area is 152 Å². The van der Waals surface area contributed by atoms with Crippen LogP contribution < -0.4 is 15.8 Å². The minimum Gasteiger partial charge on any atom is -0.436 e. The highest BCUT2D eigenvalue weighted by Gasteiger charge is 2.14. The van der Waals surface area contributed by atoms with Gasteiger partial charge in [-0.15, -0.1) is 0 Å². The van der Waals surface area contributed by atoms with Gasteiger partial charge < -0.3 is 15.8 Å². The molecule has 0 atom stereocenters. The van der Waals surface area contributed by atoms with Crippen molar-refractivity contribution in [3.8, 4) is 11.6 Å². The Kier molecular flexibility index (Phi) is 6.17. The van der Waals surface area contributed by atoms with E-state index in [9.17, 15) is 9.18 Å². The summed E-state index contributed by atoms with van der Waals surface area (Å²) in [5.41, 5.74) is 6.31. The van der Waals surface area contributed by atoms with Crippen molar-refractivity contribution in [2.45, 2.75) is 38.6 Å². The van der Waals surface area contributed by atoms with Gasteiger partial charge in [0.15, 0.2) is 11.6 Å². The number of hydrogen-bond donors (Lipinski definition) is 2. The van der Waals surface area contributed by atoms with Gasteiger partial charge in [-0.05, 0) is 42.6 Å². The van der Waals surface area contributed by atoms with E-state index in [4.69, 9.17) is 10.5 Å². The molecular formula is C20H24FN3O2. The maximum absolute atomic E-state index is 14.2. The Morgan fingerprint density at radius 1 is 1.27 bits per heavy atom. The summed E-state index contributed by atoms with van der Waals surface area (Å²) in [6.45, 7) is 1.59. The molecule has 0 aliphatic heterocycles. The summed E-state index contributed by atoms with van der Waals surface area (Å²) in [5.74, 6) is 0.139. The molecule has 1 heterocycles. The molecule has 1 fully saturated rings. The van der Waals surface area contributed by atoms with Gasteiger partial charge in [-0.1, -0.05) is 31.7 Å². The monoisotopic (exact) mass is 357 g/mol. The van der Waals surface area contributed by atoms with Crippen molar-refractivity contribution in [1.82, 2.24) is 10.3 Å². The van der Waals surface area contributed by atoms with Crippen LogP contribution in [0, 0.1) is 11.7 Å². The van der Waals surface area contributed by atoms with E-state index >= 15 is 0 Å². The molecule has 1 aliphatic carbocycles. The number of carbonyl (C=O) groups is 1. The van der Waals surface area contributed by atoms with Crippen LogP contribution in [0.2, 0.25) is 0 Å². The van der Waals surface area contributed by atoms with Gasteiger partial charge in [-0.2, -0.15) is 0 Å². The molecule has 0 radical (unpaired) electrons. The number of carbonyl (C=O) groups excluding carboxylic acids is 1. The fourth-order valence-electron chi connectivity index (χ4n) is 3.27. The van der Waals surface area contributed by atoms with Gasteiger partial charge in [-0.3, -0.25) is 4.79 Å². The van der Waals surface area contributed by atoms with Gasteiger partial charge >= 0.3 is 0 Å². The fourth-order valence-corrected chi connectivity index (χ4v) is 3.27. The van der Waals surface area contributed by atoms with Gasteiger partial charge in [0.05, 0.1) is 5.56 Å². The second kappa shape index (κ2) is 8.76. The van der Waals surface area contributed by atoms with Crippen molar-refractivity contribution in [2.24, 2.45) is 11.7 Å². The van der Waals surface area contributed by atoms with Crippen molar-refractivity contribution in [3.05, 3.63) is 53.5 Å². The molecule has 1 saturated carbocycles. The molecule has 138 valence electrons. The highest BCUT2D eigenvalue weighted by molar-refractivity contribution is 5.92. The third-order valence-electron chi connectivity index (χ3n) is 4.76. The average molecular weight is 357 g/mol. The van der Waals surface area contributed by atoms with Crippen LogP contribution in [0.5, 0.6) is 11.6 Å². The summed E-state index contributed by atoms with van der Waals surface area (Å²) in [5, 5.41) is 3.38. The zero-order valence-electron chi connectivity index (χ0n) is 14.7. The molecular weight excluding hydrogens is 333 g/mol. The van der Waals surface area contributed by atoms with Gasteiger partial charge in [0.2, 0.25) is 11.8 Å². The zero-order chi connectivity index (χ0) is 18.4. The zero-order valence-corrected chi connectivity index (χ0v) is 14.7. The number of nitrogens with one attached hydrogen (secondary N) is 1. The Morgan fingerprint density at radius 3 is 2.73 bits per heavy atom. The molecule has 5 nitrogen and oxygen atoms in total. The third kappa shape index (κ3) is 5.02. The minimum atomic E-state index is -0.569. The van der Waals surface area contributed by atoms with Gasteiger partial charge in [0, 0.05) is 18.8 Å². The Morgan fingerprint density at radius 2 is 2.08 bits per heavy atom. The van der Waals surface area contributed by atoms with Crippen molar-refractivity contribution in [1.29, 1.82) is 0 Å². The minimum absolute atomic E-state index is 0.0963. The molecule has 2 aromatic rings. The van der Waals surface area contributed by atoms with E-state index in [-0.39, 0.29) is 17.2 Å². The Hall–Kier alpha value is -2.47. The molecule has 1 aromatic carbocycles. The first-order chi connectivity index (χ1) is 12.6. The van der Waals surface area contributed by atoms with E-state index in [1.807, 2.05) is 6.07 Å². The number of pyridine rings is 1. The number of ether oxygens (including phenoxy) is 1. The first-order valence-electron chi connectivity index (χ1n) is 9.04. The predicted octanol–water partition coefficient (Wildman–Crippen LogP) is 3.78. The maximum atomic E-state index is 14.2. The molecule has 3 N–H and O–H groups in total. The predicted molar refractivity (Wildman–Crippen MR) is 97.5 cm³/mol. The van der Waals surface area contributed by atoms with Crippen LogP contribution in [-0.4, -0.2) is 17.4 Å². The van der Waals surface area contributed by atoms with E-state index < -0.39 is 11.7 Å². The number of nitrogens with zero attached hydrogens (tertiary/aromatic N) is 1. The third-order valence-corrected chi connectivity index (χ3v) is 4.76. The lowest BCUT2D eigenvalue weighted by Gasteiger charge is -2.11. The van der Waals surface area contributed by atoms with Crippen LogP contribution in [-0.2, 0) is 6.54 Å². The lowest BCUT2D eigenvalue weighted by atomic mass is 10.0. The van der Waals surface area contributed by atoms with Crippen LogP contribution >= 0.6 is 0 Å². The lowest BCUT2D eigenvalue weighted by molar-refractivity contribution is 0.1000. The van der Waals surface area contributed by atoms with Crippen molar-refractivity contribution in [3.63, 3.8) is 0 Å². The quantitative estimate of drug-likeness (QED) is 0.705. The number of amides is 1. The number of nitrogens with two attached hydrogens (primary N) is 1. The number of aromatic nitrogens is 1. The summed E-state index contributed by atoms with van der Waals surface area (Å²) in [7, 11) is 0. The van der Waals surface area contributed by atoms with Crippen LogP contribution in [0.15, 0.2) is 36.5 Å².